The van der Waals surface area contributed by atoms with Crippen molar-refractivity contribution in [3.8, 4) is 23.0 Å². The third-order valence-corrected chi connectivity index (χ3v) is 5.54. The fraction of sp³-hybridized carbons (Fsp3) is 0.400. The Morgan fingerprint density at radius 3 is 2.57 bits per heavy atom. The van der Waals surface area contributed by atoms with Crippen molar-refractivity contribution < 1.29 is 4.74 Å². The van der Waals surface area contributed by atoms with E-state index in [1.165, 1.54) is 12.8 Å². The maximum Gasteiger partial charge on any atom is 0.240 e. The molecular weight excluding hydrogens is 354 g/mol. The highest BCUT2D eigenvalue weighted by molar-refractivity contribution is 5.59. The minimum Gasteiger partial charge on any atom is -0.479 e. The SMILES string of the molecule is COc1nc(-c2ccc(N[C@@H]3C[C@H]4CC[C@@H](C3)N4)nn2)ccc1-n1cccn1. The largest absolute Gasteiger partial charge is 0.479 e. The second-order valence-electron chi connectivity index (χ2n) is 7.43. The van der Waals surface area contributed by atoms with Crippen molar-refractivity contribution in [1.29, 1.82) is 0 Å². The van der Waals surface area contributed by atoms with E-state index in [9.17, 15) is 0 Å². The lowest BCUT2D eigenvalue weighted by atomic mass is 10.00. The third-order valence-electron chi connectivity index (χ3n) is 5.54. The molecule has 3 atom stereocenters. The topological polar surface area (TPSA) is 89.8 Å². The molecule has 3 aromatic heterocycles. The Kier molecular flexibility index (Phi) is 4.40. The lowest BCUT2D eigenvalue weighted by Gasteiger charge is -2.29. The summed E-state index contributed by atoms with van der Waals surface area (Å²) in [5, 5.41) is 20.2. The maximum absolute atomic E-state index is 5.44. The summed E-state index contributed by atoms with van der Waals surface area (Å²) in [7, 11) is 1.60. The summed E-state index contributed by atoms with van der Waals surface area (Å²) in [6, 6.07) is 11.4. The molecule has 0 radical (unpaired) electrons. The molecule has 2 N–H and O–H groups in total. The zero-order chi connectivity index (χ0) is 18.9. The zero-order valence-electron chi connectivity index (χ0n) is 15.7. The molecule has 2 fully saturated rings. The van der Waals surface area contributed by atoms with E-state index in [1.54, 1.807) is 18.0 Å². The highest BCUT2D eigenvalue weighted by Gasteiger charge is 2.33. The molecule has 0 aliphatic carbocycles. The van der Waals surface area contributed by atoms with Crippen molar-refractivity contribution in [3.63, 3.8) is 0 Å². The van der Waals surface area contributed by atoms with Crippen LogP contribution in [-0.2, 0) is 0 Å². The minimum atomic E-state index is 0.463. The van der Waals surface area contributed by atoms with Gasteiger partial charge in [-0.05, 0) is 56.0 Å². The number of rotatable bonds is 5. The van der Waals surface area contributed by atoms with Gasteiger partial charge in [0.25, 0.3) is 0 Å². The first kappa shape index (κ1) is 17.1. The van der Waals surface area contributed by atoms with Crippen molar-refractivity contribution in [2.45, 2.75) is 43.8 Å². The highest BCUT2D eigenvalue weighted by atomic mass is 16.5. The van der Waals surface area contributed by atoms with Crippen molar-refractivity contribution in [2.24, 2.45) is 0 Å². The van der Waals surface area contributed by atoms with E-state index in [0.29, 0.717) is 35.4 Å². The average molecular weight is 377 g/mol. The molecule has 2 saturated heterocycles. The summed E-state index contributed by atoms with van der Waals surface area (Å²) in [6.07, 6.45) is 8.44. The Balaban J connectivity index is 1.33. The monoisotopic (exact) mass is 377 g/mol. The van der Waals surface area contributed by atoms with Crippen LogP contribution in [0.4, 0.5) is 5.82 Å². The molecule has 2 bridgehead atoms. The molecule has 5 heterocycles. The van der Waals surface area contributed by atoms with Gasteiger partial charge in [-0.2, -0.15) is 5.10 Å². The van der Waals surface area contributed by atoms with E-state index < -0.39 is 0 Å². The molecule has 8 nitrogen and oxygen atoms in total. The van der Waals surface area contributed by atoms with E-state index in [1.807, 2.05) is 36.5 Å². The maximum atomic E-state index is 5.44. The normalized spacial score (nSPS) is 23.5. The fourth-order valence-corrected chi connectivity index (χ4v) is 4.24. The molecule has 0 spiro atoms. The van der Waals surface area contributed by atoms with Crippen LogP contribution in [0.15, 0.2) is 42.7 Å². The van der Waals surface area contributed by atoms with E-state index in [2.05, 4.69) is 30.9 Å². The Labute approximate surface area is 163 Å². The number of aromatic nitrogens is 5. The van der Waals surface area contributed by atoms with Crippen molar-refractivity contribution >= 4 is 5.82 Å². The minimum absolute atomic E-state index is 0.463. The van der Waals surface area contributed by atoms with Crippen LogP contribution < -0.4 is 15.4 Å². The van der Waals surface area contributed by atoms with E-state index >= 15 is 0 Å². The predicted octanol–water partition coefficient (Wildman–Crippen LogP) is 2.43. The van der Waals surface area contributed by atoms with Crippen LogP contribution in [0.3, 0.4) is 0 Å². The first-order chi connectivity index (χ1) is 13.8. The molecule has 0 saturated carbocycles. The summed E-state index contributed by atoms with van der Waals surface area (Å²) in [5.74, 6) is 1.31. The highest BCUT2D eigenvalue weighted by Crippen LogP contribution is 2.29. The molecule has 3 aromatic rings. The Morgan fingerprint density at radius 1 is 1.07 bits per heavy atom. The second-order valence-corrected chi connectivity index (χ2v) is 7.43. The first-order valence-corrected chi connectivity index (χ1v) is 9.70. The number of ether oxygens (including phenoxy) is 1. The molecule has 8 heteroatoms. The van der Waals surface area contributed by atoms with Gasteiger partial charge in [0.1, 0.15) is 17.2 Å². The molecule has 5 rings (SSSR count). The predicted molar refractivity (Wildman–Crippen MR) is 106 cm³/mol. The standard InChI is InChI=1S/C20H23N7O/c1-28-20-18(27-10-2-9-21-27)7-5-16(24-20)17-6-8-19(26-25-17)23-15-11-13-3-4-14(12-15)22-13/h2,5-10,13-15,22H,3-4,11-12H2,1H3,(H,23,26)/t13-,14+,15-. The van der Waals surface area contributed by atoms with Gasteiger partial charge in [0.2, 0.25) is 5.88 Å². The van der Waals surface area contributed by atoms with Gasteiger partial charge >= 0.3 is 0 Å². The van der Waals surface area contributed by atoms with Gasteiger partial charge in [0.15, 0.2) is 0 Å². The summed E-state index contributed by atoms with van der Waals surface area (Å²) in [4.78, 5) is 4.58. The van der Waals surface area contributed by atoms with Crippen LogP contribution in [0.1, 0.15) is 25.7 Å². The molecule has 2 aliphatic rings. The van der Waals surface area contributed by atoms with Crippen LogP contribution in [-0.4, -0.2) is 50.2 Å². The van der Waals surface area contributed by atoms with Gasteiger partial charge < -0.3 is 15.4 Å². The summed E-state index contributed by atoms with van der Waals surface area (Å²) in [5.41, 5.74) is 2.20. The number of hydrogen-bond acceptors (Lipinski definition) is 7. The summed E-state index contributed by atoms with van der Waals surface area (Å²) < 4.78 is 7.17. The van der Waals surface area contributed by atoms with E-state index in [0.717, 1.165) is 24.3 Å². The molecule has 0 aromatic carbocycles. The number of nitrogens with one attached hydrogen (secondary N) is 2. The Morgan fingerprint density at radius 2 is 1.89 bits per heavy atom. The zero-order valence-corrected chi connectivity index (χ0v) is 15.7. The Hall–Kier alpha value is -3.00. The van der Waals surface area contributed by atoms with Crippen molar-refractivity contribution in [3.05, 3.63) is 42.7 Å². The van der Waals surface area contributed by atoms with Crippen LogP contribution in [0, 0.1) is 0 Å². The molecule has 2 aliphatic heterocycles. The van der Waals surface area contributed by atoms with Crippen molar-refractivity contribution in [2.75, 3.05) is 12.4 Å². The first-order valence-electron chi connectivity index (χ1n) is 9.70. The molecule has 144 valence electrons. The second kappa shape index (κ2) is 7.20. The lowest BCUT2D eigenvalue weighted by molar-refractivity contribution is 0.377. The fourth-order valence-electron chi connectivity index (χ4n) is 4.24. The van der Waals surface area contributed by atoms with E-state index in [-0.39, 0.29) is 0 Å². The van der Waals surface area contributed by atoms with Gasteiger partial charge in [-0.3, -0.25) is 0 Å². The van der Waals surface area contributed by atoms with Gasteiger partial charge in [-0.25, -0.2) is 9.67 Å². The van der Waals surface area contributed by atoms with Gasteiger partial charge in [-0.15, -0.1) is 10.2 Å². The van der Waals surface area contributed by atoms with Gasteiger partial charge in [0.05, 0.1) is 12.8 Å². The molecule has 0 amide bonds. The smallest absolute Gasteiger partial charge is 0.240 e. The van der Waals surface area contributed by atoms with Gasteiger partial charge in [0, 0.05) is 30.5 Å². The van der Waals surface area contributed by atoms with Gasteiger partial charge in [-0.1, -0.05) is 0 Å². The van der Waals surface area contributed by atoms with Crippen LogP contribution >= 0.6 is 0 Å². The quantitative estimate of drug-likeness (QED) is 0.706. The summed E-state index contributed by atoms with van der Waals surface area (Å²) in [6.45, 7) is 0. The number of hydrogen-bond donors (Lipinski definition) is 2. The number of nitrogens with zero attached hydrogens (tertiary/aromatic N) is 5. The van der Waals surface area contributed by atoms with Crippen LogP contribution in [0.5, 0.6) is 5.88 Å². The van der Waals surface area contributed by atoms with Crippen LogP contribution in [0.2, 0.25) is 0 Å². The number of pyridine rings is 1. The number of piperidine rings is 1. The average Bonchev–Trinajstić information content (AvgIpc) is 3.38. The number of fused-ring (bicyclic) bond motifs is 2. The number of methoxy groups -OCH3 is 1. The van der Waals surface area contributed by atoms with Crippen molar-refractivity contribution in [1.82, 2.24) is 30.3 Å². The molecule has 0 unspecified atom stereocenters. The van der Waals surface area contributed by atoms with Crippen LogP contribution in [0.25, 0.3) is 17.1 Å². The third kappa shape index (κ3) is 3.31. The number of anilines is 1. The Bertz CT molecular complexity index is 930. The summed E-state index contributed by atoms with van der Waals surface area (Å²) >= 11 is 0. The molecular formula is C20H23N7O. The van der Waals surface area contributed by atoms with E-state index in [4.69, 9.17) is 4.74 Å². The lowest BCUT2D eigenvalue weighted by Crippen LogP contribution is -2.43. The molecule has 28 heavy (non-hydrogen) atoms.